The monoisotopic (exact) mass is 213 g/mol. The van der Waals surface area contributed by atoms with Crippen molar-refractivity contribution < 1.29 is 0 Å². The summed E-state index contributed by atoms with van der Waals surface area (Å²) >= 11 is 7.25. The summed E-state index contributed by atoms with van der Waals surface area (Å²) in [5.41, 5.74) is 1.97. The van der Waals surface area contributed by atoms with Gasteiger partial charge < -0.3 is 0 Å². The average Bonchev–Trinajstić information content (AvgIpc) is 2.71. The summed E-state index contributed by atoms with van der Waals surface area (Å²) in [6.45, 7) is 0. The van der Waals surface area contributed by atoms with Gasteiger partial charge >= 0.3 is 0 Å². The van der Waals surface area contributed by atoms with E-state index in [1.807, 2.05) is 18.6 Å². The lowest BCUT2D eigenvalue weighted by Gasteiger charge is -1.86. The third-order valence-electron chi connectivity index (χ3n) is 1.64. The molecule has 5 heteroatoms. The molecule has 0 fully saturated rings. The lowest BCUT2D eigenvalue weighted by atomic mass is 10.4. The zero-order valence-electron chi connectivity index (χ0n) is 7.07. The van der Waals surface area contributed by atoms with E-state index in [-0.39, 0.29) is 0 Å². The molecule has 0 saturated carbocycles. The van der Waals surface area contributed by atoms with Gasteiger partial charge in [-0.15, -0.1) is 22.9 Å². The third kappa shape index (κ3) is 1.73. The first-order chi connectivity index (χ1) is 6.29. The second-order valence-electron chi connectivity index (χ2n) is 2.68. The normalized spacial score (nSPS) is 10.6. The van der Waals surface area contributed by atoms with Crippen molar-refractivity contribution >= 4 is 22.9 Å². The van der Waals surface area contributed by atoms with E-state index < -0.39 is 0 Å². The molecule has 0 spiro atoms. The summed E-state index contributed by atoms with van der Waals surface area (Å²) in [4.78, 5) is 4.35. The minimum absolute atomic E-state index is 0.469. The van der Waals surface area contributed by atoms with Crippen molar-refractivity contribution in [3.8, 4) is 10.6 Å². The molecular weight excluding hydrogens is 206 g/mol. The van der Waals surface area contributed by atoms with E-state index in [4.69, 9.17) is 11.6 Å². The molecule has 68 valence electrons. The molecule has 2 heterocycles. The van der Waals surface area contributed by atoms with E-state index in [0.717, 1.165) is 16.3 Å². The van der Waals surface area contributed by atoms with Crippen LogP contribution in [0.5, 0.6) is 0 Å². The molecule has 3 nitrogen and oxygen atoms in total. The number of hydrogen-bond acceptors (Lipinski definition) is 3. The lowest BCUT2D eigenvalue weighted by Crippen LogP contribution is -1.84. The Morgan fingerprint density at radius 2 is 2.46 bits per heavy atom. The van der Waals surface area contributed by atoms with Gasteiger partial charge in [-0.05, 0) is 0 Å². The molecule has 2 aromatic heterocycles. The van der Waals surface area contributed by atoms with E-state index in [1.54, 1.807) is 22.2 Å². The van der Waals surface area contributed by atoms with E-state index in [9.17, 15) is 0 Å². The number of alkyl halides is 1. The van der Waals surface area contributed by atoms with Crippen LogP contribution >= 0.6 is 22.9 Å². The maximum Gasteiger partial charge on any atom is 0.126 e. The summed E-state index contributed by atoms with van der Waals surface area (Å²) in [5.74, 6) is 0.469. The molecule has 0 aliphatic rings. The molecule has 0 saturated heterocycles. The van der Waals surface area contributed by atoms with Crippen molar-refractivity contribution in [2.45, 2.75) is 5.88 Å². The highest BCUT2D eigenvalue weighted by Gasteiger charge is 2.05. The van der Waals surface area contributed by atoms with Gasteiger partial charge in [0.1, 0.15) is 5.01 Å². The van der Waals surface area contributed by atoms with Crippen molar-refractivity contribution in [1.29, 1.82) is 0 Å². The van der Waals surface area contributed by atoms with Gasteiger partial charge in [0.2, 0.25) is 0 Å². The van der Waals surface area contributed by atoms with Crippen LogP contribution in [0.3, 0.4) is 0 Å². The number of halogens is 1. The Labute approximate surface area is 85.0 Å². The summed E-state index contributed by atoms with van der Waals surface area (Å²) in [5, 5.41) is 7.02. The predicted octanol–water partition coefficient (Wildman–Crippen LogP) is 2.28. The number of thiazole rings is 1. The highest BCUT2D eigenvalue weighted by molar-refractivity contribution is 7.13. The number of hydrogen-bond donors (Lipinski definition) is 0. The minimum Gasteiger partial charge on any atom is -0.275 e. The first kappa shape index (κ1) is 8.72. The van der Waals surface area contributed by atoms with Crippen LogP contribution in [0.15, 0.2) is 17.8 Å². The van der Waals surface area contributed by atoms with Crippen molar-refractivity contribution in [1.82, 2.24) is 14.8 Å². The average molecular weight is 214 g/mol. The molecule has 0 N–H and O–H groups in total. The first-order valence-corrected chi connectivity index (χ1v) is 5.20. The van der Waals surface area contributed by atoms with Gasteiger partial charge in [0.15, 0.2) is 0 Å². The van der Waals surface area contributed by atoms with Gasteiger partial charge in [0, 0.05) is 24.2 Å². The Kier molecular flexibility index (Phi) is 2.33. The van der Waals surface area contributed by atoms with Gasteiger partial charge in [0.05, 0.1) is 17.8 Å². The number of rotatable bonds is 2. The van der Waals surface area contributed by atoms with Gasteiger partial charge in [-0.25, -0.2) is 4.98 Å². The topological polar surface area (TPSA) is 30.7 Å². The largest absolute Gasteiger partial charge is 0.275 e. The molecule has 0 amide bonds. The fourth-order valence-corrected chi connectivity index (χ4v) is 2.06. The lowest BCUT2D eigenvalue weighted by molar-refractivity contribution is 0.768. The van der Waals surface area contributed by atoms with Crippen LogP contribution in [0.1, 0.15) is 5.69 Å². The molecule has 0 aliphatic heterocycles. The van der Waals surface area contributed by atoms with Crippen LogP contribution in [-0.4, -0.2) is 14.8 Å². The highest BCUT2D eigenvalue weighted by Crippen LogP contribution is 2.23. The fraction of sp³-hybridized carbons (Fsp3) is 0.250. The molecule has 0 aromatic carbocycles. The predicted molar refractivity (Wildman–Crippen MR) is 53.9 cm³/mol. The Hall–Kier alpha value is -0.870. The second kappa shape index (κ2) is 3.47. The molecule has 0 unspecified atom stereocenters. The molecule has 0 radical (unpaired) electrons. The third-order valence-corrected chi connectivity index (χ3v) is 2.85. The Balaban J connectivity index is 2.35. The van der Waals surface area contributed by atoms with Crippen LogP contribution in [0, 0.1) is 0 Å². The van der Waals surface area contributed by atoms with Gasteiger partial charge in [-0.1, -0.05) is 0 Å². The Morgan fingerprint density at radius 1 is 1.62 bits per heavy atom. The quantitative estimate of drug-likeness (QED) is 0.717. The zero-order valence-corrected chi connectivity index (χ0v) is 8.64. The van der Waals surface area contributed by atoms with Crippen LogP contribution in [0.25, 0.3) is 10.6 Å². The Morgan fingerprint density at radius 3 is 3.00 bits per heavy atom. The highest BCUT2D eigenvalue weighted by atomic mass is 35.5. The van der Waals surface area contributed by atoms with E-state index in [1.165, 1.54) is 0 Å². The maximum absolute atomic E-state index is 5.66. The van der Waals surface area contributed by atoms with Crippen LogP contribution in [-0.2, 0) is 12.9 Å². The number of aromatic nitrogens is 3. The van der Waals surface area contributed by atoms with Crippen molar-refractivity contribution in [2.24, 2.45) is 7.05 Å². The zero-order chi connectivity index (χ0) is 9.26. The number of nitrogens with zero attached hydrogens (tertiary/aromatic N) is 3. The Bertz CT molecular complexity index is 407. The van der Waals surface area contributed by atoms with Gasteiger partial charge in [-0.2, -0.15) is 5.10 Å². The summed E-state index contributed by atoms with van der Waals surface area (Å²) in [7, 11) is 1.89. The number of aryl methyl sites for hydroxylation is 1. The van der Waals surface area contributed by atoms with E-state index in [2.05, 4.69) is 10.1 Å². The van der Waals surface area contributed by atoms with Crippen LogP contribution in [0.4, 0.5) is 0 Å². The van der Waals surface area contributed by atoms with Crippen molar-refractivity contribution in [2.75, 3.05) is 0 Å². The van der Waals surface area contributed by atoms with Gasteiger partial charge in [-0.3, -0.25) is 4.68 Å². The standard InChI is InChI=1S/C8H8ClN3S/c1-12-4-6(3-10-12)8-11-7(2-9)5-13-8/h3-5H,2H2,1H3. The molecule has 0 aliphatic carbocycles. The molecule has 2 aromatic rings. The molecular formula is C8H8ClN3S. The van der Waals surface area contributed by atoms with Crippen LogP contribution < -0.4 is 0 Å². The van der Waals surface area contributed by atoms with E-state index >= 15 is 0 Å². The van der Waals surface area contributed by atoms with Crippen molar-refractivity contribution in [3.05, 3.63) is 23.5 Å². The summed E-state index contributed by atoms with van der Waals surface area (Å²) < 4.78 is 1.76. The van der Waals surface area contributed by atoms with Crippen molar-refractivity contribution in [3.63, 3.8) is 0 Å². The molecule has 13 heavy (non-hydrogen) atoms. The molecule has 2 rings (SSSR count). The molecule has 0 atom stereocenters. The fourth-order valence-electron chi connectivity index (χ4n) is 1.03. The smallest absolute Gasteiger partial charge is 0.126 e. The maximum atomic E-state index is 5.66. The summed E-state index contributed by atoms with van der Waals surface area (Å²) in [6.07, 6.45) is 3.74. The molecule has 0 bridgehead atoms. The van der Waals surface area contributed by atoms with E-state index in [0.29, 0.717) is 5.88 Å². The summed E-state index contributed by atoms with van der Waals surface area (Å²) in [6, 6.07) is 0. The van der Waals surface area contributed by atoms with Crippen LogP contribution in [0.2, 0.25) is 0 Å². The minimum atomic E-state index is 0.469. The second-order valence-corrected chi connectivity index (χ2v) is 3.81. The SMILES string of the molecule is Cn1cc(-c2nc(CCl)cs2)cn1. The van der Waals surface area contributed by atoms with Gasteiger partial charge in [0.25, 0.3) is 0 Å². The first-order valence-electron chi connectivity index (χ1n) is 3.79.